The fourth-order valence-electron chi connectivity index (χ4n) is 4.03. The number of amides is 3. The zero-order chi connectivity index (χ0) is 20.8. The SMILES string of the molecule is COc1ccc(C)cc1N1C[C@@H](C(=O)NCCCN2CCCCCC2=O)CC1=O. The molecule has 0 saturated carbocycles. The second kappa shape index (κ2) is 9.76. The summed E-state index contributed by atoms with van der Waals surface area (Å²) < 4.78 is 5.38. The lowest BCUT2D eigenvalue weighted by molar-refractivity contribution is -0.130. The average Bonchev–Trinajstić information content (AvgIpc) is 2.98. The molecule has 2 aliphatic rings. The number of hydrogen-bond donors (Lipinski definition) is 1. The maximum absolute atomic E-state index is 12.6. The van der Waals surface area contributed by atoms with Gasteiger partial charge in [-0.05, 0) is 43.9 Å². The monoisotopic (exact) mass is 401 g/mol. The smallest absolute Gasteiger partial charge is 0.227 e. The van der Waals surface area contributed by atoms with Gasteiger partial charge in [0.25, 0.3) is 0 Å². The topological polar surface area (TPSA) is 79.0 Å². The molecule has 0 unspecified atom stereocenters. The summed E-state index contributed by atoms with van der Waals surface area (Å²) in [6.45, 7) is 4.32. The van der Waals surface area contributed by atoms with E-state index in [4.69, 9.17) is 4.74 Å². The lowest BCUT2D eigenvalue weighted by Crippen LogP contribution is -2.36. The van der Waals surface area contributed by atoms with Crippen molar-refractivity contribution in [2.24, 2.45) is 5.92 Å². The first-order chi connectivity index (χ1) is 14.0. The second-order valence-electron chi connectivity index (χ2n) is 7.92. The molecule has 1 atom stereocenters. The van der Waals surface area contributed by atoms with E-state index in [1.54, 1.807) is 12.0 Å². The Morgan fingerprint density at radius 2 is 2.03 bits per heavy atom. The number of ether oxygens (including phenoxy) is 1. The number of benzene rings is 1. The standard InChI is InChI=1S/C22H31N3O4/c1-16-8-9-19(29-2)18(13-16)25-15-17(14-21(25)27)22(28)23-10-6-12-24-11-5-3-4-7-20(24)26/h8-9,13,17H,3-7,10-12,14-15H2,1-2H3,(H,23,28)/t17-/m0/s1. The van der Waals surface area contributed by atoms with Crippen molar-refractivity contribution in [1.29, 1.82) is 0 Å². The molecule has 3 amide bonds. The Labute approximate surface area is 172 Å². The van der Waals surface area contributed by atoms with E-state index in [9.17, 15) is 14.4 Å². The molecule has 7 heteroatoms. The molecule has 2 aliphatic heterocycles. The van der Waals surface area contributed by atoms with E-state index in [0.29, 0.717) is 37.5 Å². The minimum absolute atomic E-state index is 0.0655. The maximum atomic E-state index is 12.6. The summed E-state index contributed by atoms with van der Waals surface area (Å²) in [5, 5.41) is 2.94. The number of aryl methyl sites for hydroxylation is 1. The number of nitrogens with one attached hydrogen (secondary N) is 1. The second-order valence-corrected chi connectivity index (χ2v) is 7.92. The van der Waals surface area contributed by atoms with Gasteiger partial charge in [0.1, 0.15) is 5.75 Å². The Kier molecular flexibility index (Phi) is 7.12. The summed E-state index contributed by atoms with van der Waals surface area (Å²) in [6.07, 6.45) is 4.71. The van der Waals surface area contributed by atoms with Crippen molar-refractivity contribution >= 4 is 23.4 Å². The van der Waals surface area contributed by atoms with Gasteiger partial charge in [-0.15, -0.1) is 0 Å². The largest absolute Gasteiger partial charge is 0.495 e. The van der Waals surface area contributed by atoms with E-state index in [1.807, 2.05) is 30.0 Å². The average molecular weight is 402 g/mol. The highest BCUT2D eigenvalue weighted by Gasteiger charge is 2.36. The first kappa shape index (κ1) is 21.1. The highest BCUT2D eigenvalue weighted by Crippen LogP contribution is 2.33. The lowest BCUT2D eigenvalue weighted by atomic mass is 10.1. The molecule has 1 aromatic carbocycles. The zero-order valence-electron chi connectivity index (χ0n) is 17.4. The number of hydrogen-bond acceptors (Lipinski definition) is 4. The van der Waals surface area contributed by atoms with Crippen molar-refractivity contribution in [1.82, 2.24) is 10.2 Å². The number of likely N-dealkylation sites (tertiary alicyclic amines) is 1. The van der Waals surface area contributed by atoms with E-state index in [0.717, 1.165) is 37.8 Å². The van der Waals surface area contributed by atoms with E-state index in [2.05, 4.69) is 5.32 Å². The molecule has 2 saturated heterocycles. The van der Waals surface area contributed by atoms with Gasteiger partial charge in [0.15, 0.2) is 0 Å². The van der Waals surface area contributed by atoms with Crippen LogP contribution in [0, 0.1) is 12.8 Å². The molecule has 3 rings (SSSR count). The number of rotatable bonds is 7. The third-order valence-electron chi connectivity index (χ3n) is 5.70. The van der Waals surface area contributed by atoms with Crippen molar-refractivity contribution in [2.45, 2.75) is 45.4 Å². The number of carbonyl (C=O) groups excluding carboxylic acids is 3. The van der Waals surface area contributed by atoms with Crippen molar-refractivity contribution in [2.75, 3.05) is 38.2 Å². The molecule has 1 N–H and O–H groups in total. The van der Waals surface area contributed by atoms with E-state index in [1.165, 1.54) is 0 Å². The highest BCUT2D eigenvalue weighted by molar-refractivity contribution is 6.01. The number of methoxy groups -OCH3 is 1. The summed E-state index contributed by atoms with van der Waals surface area (Å²) in [4.78, 5) is 40.6. The summed E-state index contributed by atoms with van der Waals surface area (Å²) in [5.74, 6) is 0.316. The van der Waals surface area contributed by atoms with Crippen LogP contribution < -0.4 is 15.0 Å². The van der Waals surface area contributed by atoms with Crippen molar-refractivity contribution in [3.8, 4) is 5.75 Å². The van der Waals surface area contributed by atoms with Gasteiger partial charge in [-0.3, -0.25) is 14.4 Å². The Bertz CT molecular complexity index is 764. The predicted molar refractivity (Wildman–Crippen MR) is 111 cm³/mol. The molecule has 0 radical (unpaired) electrons. The van der Waals surface area contributed by atoms with Gasteiger partial charge in [0.2, 0.25) is 17.7 Å². The third kappa shape index (κ3) is 5.28. The molecular weight excluding hydrogens is 370 g/mol. The van der Waals surface area contributed by atoms with Crippen LogP contribution in [0.15, 0.2) is 18.2 Å². The normalized spacial score (nSPS) is 20.0. The number of carbonyl (C=O) groups is 3. The predicted octanol–water partition coefficient (Wildman–Crippen LogP) is 2.27. The quantitative estimate of drug-likeness (QED) is 0.711. The highest BCUT2D eigenvalue weighted by atomic mass is 16.5. The van der Waals surface area contributed by atoms with Gasteiger partial charge >= 0.3 is 0 Å². The molecule has 2 heterocycles. The summed E-state index contributed by atoms with van der Waals surface area (Å²) in [6, 6.07) is 5.69. The van der Waals surface area contributed by atoms with Crippen LogP contribution in [0.2, 0.25) is 0 Å². The van der Waals surface area contributed by atoms with Crippen LogP contribution in [0.5, 0.6) is 5.75 Å². The zero-order valence-corrected chi connectivity index (χ0v) is 17.4. The van der Waals surface area contributed by atoms with E-state index < -0.39 is 0 Å². The first-order valence-corrected chi connectivity index (χ1v) is 10.5. The van der Waals surface area contributed by atoms with Crippen molar-refractivity contribution in [3.05, 3.63) is 23.8 Å². The minimum Gasteiger partial charge on any atom is -0.495 e. The Morgan fingerprint density at radius 3 is 2.83 bits per heavy atom. The lowest BCUT2D eigenvalue weighted by Gasteiger charge is -2.21. The molecule has 0 bridgehead atoms. The van der Waals surface area contributed by atoms with Gasteiger partial charge in [-0.2, -0.15) is 0 Å². The Hall–Kier alpha value is -2.57. The third-order valence-corrected chi connectivity index (χ3v) is 5.70. The molecule has 29 heavy (non-hydrogen) atoms. The summed E-state index contributed by atoms with van der Waals surface area (Å²) >= 11 is 0. The first-order valence-electron chi connectivity index (χ1n) is 10.5. The maximum Gasteiger partial charge on any atom is 0.227 e. The van der Waals surface area contributed by atoms with Gasteiger partial charge in [0, 0.05) is 39.0 Å². The fraction of sp³-hybridized carbons (Fsp3) is 0.591. The molecular formula is C22H31N3O4. The minimum atomic E-state index is -0.368. The van der Waals surface area contributed by atoms with Crippen LogP contribution in [-0.4, -0.2) is 55.9 Å². The number of nitrogens with zero attached hydrogens (tertiary/aromatic N) is 2. The van der Waals surface area contributed by atoms with Crippen LogP contribution in [0.25, 0.3) is 0 Å². The van der Waals surface area contributed by atoms with Crippen LogP contribution in [0.4, 0.5) is 5.69 Å². The van der Waals surface area contributed by atoms with Gasteiger partial charge in [0.05, 0.1) is 18.7 Å². The molecule has 2 fully saturated rings. The summed E-state index contributed by atoms with van der Waals surface area (Å²) in [7, 11) is 1.58. The Morgan fingerprint density at radius 1 is 1.21 bits per heavy atom. The number of anilines is 1. The molecule has 1 aromatic rings. The molecule has 0 aliphatic carbocycles. The Balaban J connectivity index is 1.49. The fourth-order valence-corrected chi connectivity index (χ4v) is 4.03. The van der Waals surface area contributed by atoms with Crippen LogP contribution in [0.1, 0.15) is 44.1 Å². The van der Waals surface area contributed by atoms with Crippen molar-refractivity contribution in [3.63, 3.8) is 0 Å². The molecule has 0 spiro atoms. The van der Waals surface area contributed by atoms with Gasteiger partial charge in [-0.1, -0.05) is 12.5 Å². The molecule has 7 nitrogen and oxygen atoms in total. The van der Waals surface area contributed by atoms with Crippen LogP contribution in [-0.2, 0) is 14.4 Å². The van der Waals surface area contributed by atoms with E-state index >= 15 is 0 Å². The molecule has 0 aromatic heterocycles. The van der Waals surface area contributed by atoms with Crippen molar-refractivity contribution < 1.29 is 19.1 Å². The van der Waals surface area contributed by atoms with Crippen LogP contribution in [0.3, 0.4) is 0 Å². The van der Waals surface area contributed by atoms with Gasteiger partial charge in [-0.25, -0.2) is 0 Å². The van der Waals surface area contributed by atoms with Crippen LogP contribution >= 0.6 is 0 Å². The van der Waals surface area contributed by atoms with E-state index in [-0.39, 0.29) is 30.1 Å². The summed E-state index contributed by atoms with van der Waals surface area (Å²) in [5.41, 5.74) is 1.75. The van der Waals surface area contributed by atoms with Gasteiger partial charge < -0.3 is 19.9 Å². The molecule has 158 valence electrons.